The van der Waals surface area contributed by atoms with Crippen molar-refractivity contribution in [2.24, 2.45) is 0 Å². The second kappa shape index (κ2) is 2.85. The van der Waals surface area contributed by atoms with Crippen LogP contribution in [0.15, 0.2) is 18.2 Å². The zero-order valence-electron chi connectivity index (χ0n) is 6.37. The number of benzene rings is 1. The highest BCUT2D eigenvalue weighted by atomic mass is 16.6. The number of ether oxygens (including phenoxy) is 2. The summed E-state index contributed by atoms with van der Waals surface area (Å²) >= 11 is 0. The molecule has 0 atom stereocenters. The summed E-state index contributed by atoms with van der Waals surface area (Å²) in [6.07, 6.45) is 1.79. The van der Waals surface area contributed by atoms with Crippen LogP contribution in [-0.2, 0) is 4.79 Å². The number of rotatable bonds is 1. The monoisotopic (exact) mass is 163 g/mol. The van der Waals surface area contributed by atoms with Crippen molar-refractivity contribution in [2.75, 3.05) is 13.2 Å². The van der Waals surface area contributed by atoms with E-state index in [1.807, 2.05) is 0 Å². The fourth-order valence-corrected chi connectivity index (χ4v) is 1.11. The average molecular weight is 163 g/mol. The Hall–Kier alpha value is -1.51. The van der Waals surface area contributed by atoms with Crippen LogP contribution < -0.4 is 9.47 Å². The van der Waals surface area contributed by atoms with Crippen LogP contribution in [0.4, 0.5) is 0 Å². The lowest BCUT2D eigenvalue weighted by atomic mass is 10.2. The lowest BCUT2D eigenvalue weighted by Crippen LogP contribution is -2.15. The standard InChI is InChI=1S/C9H7O3/c10-6-7-1-2-8-9(5-7)12-4-3-11-8/h1-2,5H,3-4H2. The number of fused-ring (bicyclic) bond motifs is 1. The SMILES string of the molecule is O=[C]c1ccc2c(c1)OCCO2. The summed E-state index contributed by atoms with van der Waals surface area (Å²) in [6, 6.07) is 5.00. The Balaban J connectivity index is 2.42. The van der Waals surface area contributed by atoms with Gasteiger partial charge in [-0.3, -0.25) is 4.79 Å². The summed E-state index contributed by atoms with van der Waals surface area (Å²) in [5.74, 6) is 1.32. The molecule has 0 fully saturated rings. The third kappa shape index (κ3) is 1.13. The molecule has 2 rings (SSSR count). The molecule has 0 aromatic heterocycles. The van der Waals surface area contributed by atoms with Crippen LogP contribution >= 0.6 is 0 Å². The molecule has 0 unspecified atom stereocenters. The maximum Gasteiger partial charge on any atom is 0.233 e. The normalized spacial score (nSPS) is 14.0. The van der Waals surface area contributed by atoms with Gasteiger partial charge in [0.15, 0.2) is 11.5 Å². The fourth-order valence-electron chi connectivity index (χ4n) is 1.11. The van der Waals surface area contributed by atoms with Gasteiger partial charge in [-0.15, -0.1) is 0 Å². The lowest BCUT2D eigenvalue weighted by molar-refractivity contribution is 0.171. The summed E-state index contributed by atoms with van der Waals surface area (Å²) < 4.78 is 10.5. The van der Waals surface area contributed by atoms with E-state index in [2.05, 4.69) is 0 Å². The van der Waals surface area contributed by atoms with Crippen molar-refractivity contribution in [1.82, 2.24) is 0 Å². The molecule has 0 aliphatic carbocycles. The molecule has 12 heavy (non-hydrogen) atoms. The summed E-state index contributed by atoms with van der Waals surface area (Å²) in [4.78, 5) is 10.3. The van der Waals surface area contributed by atoms with Crippen LogP contribution in [-0.4, -0.2) is 19.5 Å². The van der Waals surface area contributed by atoms with E-state index in [0.29, 0.717) is 30.3 Å². The third-order valence-corrected chi connectivity index (χ3v) is 1.66. The molecule has 1 aromatic rings. The van der Waals surface area contributed by atoms with E-state index in [-0.39, 0.29) is 0 Å². The van der Waals surface area contributed by atoms with Crippen molar-refractivity contribution in [3.8, 4) is 11.5 Å². The Morgan fingerprint density at radius 2 is 1.92 bits per heavy atom. The fraction of sp³-hybridized carbons (Fsp3) is 0.222. The van der Waals surface area contributed by atoms with E-state index >= 15 is 0 Å². The molecule has 0 amide bonds. The predicted molar refractivity (Wildman–Crippen MR) is 42.2 cm³/mol. The maximum absolute atomic E-state index is 10.3. The predicted octanol–water partition coefficient (Wildman–Crippen LogP) is 0.916. The van der Waals surface area contributed by atoms with Crippen LogP contribution in [0.2, 0.25) is 0 Å². The van der Waals surface area contributed by atoms with Gasteiger partial charge in [0, 0.05) is 5.56 Å². The minimum atomic E-state index is 0.485. The number of hydrogen-bond acceptors (Lipinski definition) is 3. The molecule has 0 bridgehead atoms. The topological polar surface area (TPSA) is 35.5 Å². The molecule has 3 heteroatoms. The van der Waals surface area contributed by atoms with Gasteiger partial charge in [-0.25, -0.2) is 0 Å². The van der Waals surface area contributed by atoms with Crippen molar-refractivity contribution in [1.29, 1.82) is 0 Å². The van der Waals surface area contributed by atoms with Crippen molar-refractivity contribution < 1.29 is 14.3 Å². The molecule has 1 aliphatic heterocycles. The zero-order valence-corrected chi connectivity index (χ0v) is 6.37. The third-order valence-electron chi connectivity index (χ3n) is 1.66. The van der Waals surface area contributed by atoms with Gasteiger partial charge < -0.3 is 9.47 Å². The molecule has 1 aliphatic rings. The molecule has 3 nitrogen and oxygen atoms in total. The van der Waals surface area contributed by atoms with Crippen LogP contribution in [0, 0.1) is 0 Å². The van der Waals surface area contributed by atoms with Gasteiger partial charge in [0.2, 0.25) is 6.29 Å². The Kier molecular flexibility index (Phi) is 1.70. The molecular weight excluding hydrogens is 156 g/mol. The number of hydrogen-bond donors (Lipinski definition) is 0. The van der Waals surface area contributed by atoms with Crippen LogP contribution in [0.1, 0.15) is 5.56 Å². The minimum absolute atomic E-state index is 0.485. The molecule has 61 valence electrons. The van der Waals surface area contributed by atoms with E-state index in [4.69, 9.17) is 9.47 Å². The van der Waals surface area contributed by atoms with Crippen molar-refractivity contribution in [2.45, 2.75) is 0 Å². The quantitative estimate of drug-likeness (QED) is 0.617. The van der Waals surface area contributed by atoms with Gasteiger partial charge in [-0.05, 0) is 18.2 Å². The summed E-state index contributed by atoms with van der Waals surface area (Å²) in [5.41, 5.74) is 0.485. The summed E-state index contributed by atoms with van der Waals surface area (Å²) in [7, 11) is 0. The van der Waals surface area contributed by atoms with Crippen LogP contribution in [0.25, 0.3) is 0 Å². The number of carbonyl (C=O) groups excluding carboxylic acids is 1. The first kappa shape index (κ1) is 7.16. The molecule has 1 radical (unpaired) electrons. The second-order valence-corrected chi connectivity index (χ2v) is 2.46. The Bertz CT molecular complexity index is 307. The first-order valence-corrected chi connectivity index (χ1v) is 3.68. The Morgan fingerprint density at radius 1 is 1.17 bits per heavy atom. The van der Waals surface area contributed by atoms with Crippen molar-refractivity contribution >= 4 is 6.29 Å². The summed E-state index contributed by atoms with van der Waals surface area (Å²) in [6.45, 7) is 1.10. The molecule has 0 spiro atoms. The molecule has 1 aromatic carbocycles. The first-order valence-electron chi connectivity index (χ1n) is 3.68. The van der Waals surface area contributed by atoms with E-state index in [1.165, 1.54) is 0 Å². The van der Waals surface area contributed by atoms with E-state index in [0.717, 1.165) is 0 Å². The largest absolute Gasteiger partial charge is 0.486 e. The van der Waals surface area contributed by atoms with Crippen molar-refractivity contribution in [3.05, 3.63) is 23.8 Å². The van der Waals surface area contributed by atoms with Gasteiger partial charge >= 0.3 is 0 Å². The van der Waals surface area contributed by atoms with Crippen molar-refractivity contribution in [3.63, 3.8) is 0 Å². The molecular formula is C9H7O3. The average Bonchev–Trinajstić information content (AvgIpc) is 2.17. The van der Waals surface area contributed by atoms with E-state index in [1.54, 1.807) is 24.5 Å². The smallest absolute Gasteiger partial charge is 0.233 e. The van der Waals surface area contributed by atoms with E-state index < -0.39 is 0 Å². The molecule has 0 saturated heterocycles. The Labute approximate surface area is 69.9 Å². The molecule has 0 saturated carbocycles. The highest BCUT2D eigenvalue weighted by molar-refractivity contribution is 5.76. The highest BCUT2D eigenvalue weighted by Crippen LogP contribution is 2.29. The van der Waals surface area contributed by atoms with Gasteiger partial charge in [0.25, 0.3) is 0 Å². The lowest BCUT2D eigenvalue weighted by Gasteiger charge is -2.17. The second-order valence-electron chi connectivity index (χ2n) is 2.46. The van der Waals surface area contributed by atoms with Gasteiger partial charge in [-0.1, -0.05) is 0 Å². The molecule has 1 heterocycles. The van der Waals surface area contributed by atoms with Gasteiger partial charge in [-0.2, -0.15) is 0 Å². The maximum atomic E-state index is 10.3. The van der Waals surface area contributed by atoms with Crippen LogP contribution in [0.3, 0.4) is 0 Å². The van der Waals surface area contributed by atoms with E-state index in [9.17, 15) is 4.79 Å². The zero-order chi connectivity index (χ0) is 8.39. The van der Waals surface area contributed by atoms with Crippen LogP contribution in [0.5, 0.6) is 11.5 Å². The minimum Gasteiger partial charge on any atom is -0.486 e. The molecule has 0 N–H and O–H groups in total. The first-order chi connectivity index (χ1) is 5.90. The van der Waals surface area contributed by atoms with Gasteiger partial charge in [0.05, 0.1) is 0 Å². The summed E-state index contributed by atoms with van der Waals surface area (Å²) in [5, 5.41) is 0. The van der Waals surface area contributed by atoms with Gasteiger partial charge in [0.1, 0.15) is 13.2 Å². The highest BCUT2D eigenvalue weighted by Gasteiger charge is 2.10. The Morgan fingerprint density at radius 3 is 2.67 bits per heavy atom.